The third-order valence-electron chi connectivity index (χ3n) is 4.90. The molecule has 0 aliphatic carbocycles. The van der Waals surface area contributed by atoms with E-state index in [0.717, 1.165) is 22.3 Å². The normalized spacial score (nSPS) is 12.8. The van der Waals surface area contributed by atoms with Crippen LogP contribution in [0.1, 0.15) is 18.5 Å². The van der Waals surface area contributed by atoms with E-state index in [9.17, 15) is 8.42 Å². The van der Waals surface area contributed by atoms with Crippen LogP contribution in [0.2, 0.25) is 0 Å². The molecule has 0 aliphatic heterocycles. The Morgan fingerprint density at radius 2 is 1.87 bits per heavy atom. The summed E-state index contributed by atoms with van der Waals surface area (Å²) >= 11 is 0. The number of aromatic amines is 1. The Morgan fingerprint density at radius 1 is 1.10 bits per heavy atom. The van der Waals surface area contributed by atoms with Crippen molar-refractivity contribution in [3.05, 3.63) is 66.4 Å². The Morgan fingerprint density at radius 3 is 2.50 bits per heavy atom. The Bertz CT molecular complexity index is 1280. The highest BCUT2D eigenvalue weighted by atomic mass is 32.2. The zero-order valence-electron chi connectivity index (χ0n) is 16.9. The first kappa shape index (κ1) is 20.1. The minimum Gasteiger partial charge on any atom is -0.457 e. The van der Waals surface area contributed by atoms with Crippen LogP contribution in [0.3, 0.4) is 0 Å². The van der Waals surface area contributed by atoms with E-state index in [4.69, 9.17) is 4.74 Å². The number of hydrogen-bond acceptors (Lipinski definition) is 6. The monoisotopic (exact) mass is 422 g/mol. The third kappa shape index (κ3) is 4.05. The molecule has 0 saturated heterocycles. The van der Waals surface area contributed by atoms with Gasteiger partial charge >= 0.3 is 0 Å². The number of sulfone groups is 1. The quantitative estimate of drug-likeness (QED) is 0.486. The zero-order chi connectivity index (χ0) is 21.3. The molecule has 154 valence electrons. The van der Waals surface area contributed by atoms with Crippen LogP contribution in [0.4, 0.5) is 0 Å². The van der Waals surface area contributed by atoms with Crippen molar-refractivity contribution in [1.82, 2.24) is 20.3 Å². The number of nitrogens with one attached hydrogen (secondary N) is 2. The first-order chi connectivity index (χ1) is 14.3. The summed E-state index contributed by atoms with van der Waals surface area (Å²) in [5, 5.41) is 3.23. The summed E-state index contributed by atoms with van der Waals surface area (Å²) in [6, 6.07) is 16.0. The summed E-state index contributed by atoms with van der Waals surface area (Å²) in [5.41, 5.74) is 3.35. The Balaban J connectivity index is 1.75. The lowest BCUT2D eigenvalue weighted by molar-refractivity contribution is 0.467. The van der Waals surface area contributed by atoms with E-state index < -0.39 is 9.84 Å². The number of aromatic nitrogens is 3. The van der Waals surface area contributed by atoms with Gasteiger partial charge in [-0.2, -0.15) is 0 Å². The van der Waals surface area contributed by atoms with Crippen molar-refractivity contribution in [3.8, 4) is 23.0 Å². The van der Waals surface area contributed by atoms with Gasteiger partial charge in [0, 0.05) is 30.1 Å². The minimum atomic E-state index is -3.26. The molecule has 2 aromatic carbocycles. The lowest BCUT2D eigenvalue weighted by Gasteiger charge is -2.16. The molecule has 30 heavy (non-hydrogen) atoms. The van der Waals surface area contributed by atoms with Gasteiger partial charge in [0.2, 0.25) is 0 Å². The van der Waals surface area contributed by atoms with E-state index >= 15 is 0 Å². The van der Waals surface area contributed by atoms with Gasteiger partial charge in [-0.15, -0.1) is 0 Å². The Labute approximate surface area is 175 Å². The minimum absolute atomic E-state index is 0.0290. The summed E-state index contributed by atoms with van der Waals surface area (Å²) in [4.78, 5) is 12.6. The topological polar surface area (TPSA) is 97.0 Å². The number of H-pyrrole nitrogens is 1. The lowest BCUT2D eigenvalue weighted by Crippen LogP contribution is -2.13. The number of benzene rings is 2. The molecule has 1 atom stereocenters. The molecule has 4 rings (SSSR count). The second-order valence-corrected chi connectivity index (χ2v) is 9.08. The van der Waals surface area contributed by atoms with E-state index in [-0.39, 0.29) is 10.9 Å². The summed E-state index contributed by atoms with van der Waals surface area (Å²) < 4.78 is 29.5. The van der Waals surface area contributed by atoms with E-state index in [0.29, 0.717) is 17.3 Å². The molecular formula is C22H22N4O3S. The van der Waals surface area contributed by atoms with Gasteiger partial charge in [-0.1, -0.05) is 6.07 Å². The van der Waals surface area contributed by atoms with Gasteiger partial charge in [-0.3, -0.25) is 4.98 Å². The number of nitrogens with zero attached hydrogens (tertiary/aromatic N) is 2. The highest BCUT2D eigenvalue weighted by Gasteiger charge is 2.16. The van der Waals surface area contributed by atoms with Crippen LogP contribution < -0.4 is 10.1 Å². The first-order valence-electron chi connectivity index (χ1n) is 9.45. The molecule has 2 aromatic heterocycles. The van der Waals surface area contributed by atoms with E-state index in [1.807, 2.05) is 44.3 Å². The number of fused-ring (bicyclic) bond motifs is 1. The summed E-state index contributed by atoms with van der Waals surface area (Å²) in [6.07, 6.45) is 2.91. The molecule has 0 bridgehead atoms. The third-order valence-corrected chi connectivity index (χ3v) is 6.03. The molecule has 7 nitrogen and oxygen atoms in total. The van der Waals surface area contributed by atoms with Crippen molar-refractivity contribution in [2.24, 2.45) is 0 Å². The van der Waals surface area contributed by atoms with Gasteiger partial charge < -0.3 is 15.0 Å². The maximum atomic E-state index is 11.7. The predicted octanol–water partition coefficient (Wildman–Crippen LogP) is 4.10. The van der Waals surface area contributed by atoms with Crippen molar-refractivity contribution in [1.29, 1.82) is 0 Å². The van der Waals surface area contributed by atoms with Crippen LogP contribution in [0, 0.1) is 0 Å². The van der Waals surface area contributed by atoms with Gasteiger partial charge in [0.1, 0.15) is 17.2 Å². The number of pyridine rings is 1. The summed E-state index contributed by atoms with van der Waals surface area (Å²) in [7, 11) is -1.38. The fourth-order valence-corrected chi connectivity index (χ4v) is 3.77. The van der Waals surface area contributed by atoms with Crippen LogP contribution in [0.15, 0.2) is 65.7 Å². The summed E-state index contributed by atoms with van der Waals surface area (Å²) in [5.74, 6) is 1.88. The number of rotatable bonds is 6. The Hall–Kier alpha value is -3.23. The standard InChI is InChI=1S/C22H22N4O3S/c1-14(23-2)17-12-19-20(26-22(25-19)18-6-4-5-11-24-18)13-21(17)29-15-7-9-16(10-8-15)30(3,27)28/h4-14,23H,1-3H3,(H,25,26). The van der Waals surface area contributed by atoms with Crippen LogP contribution in [0.5, 0.6) is 11.5 Å². The maximum absolute atomic E-state index is 11.7. The van der Waals surface area contributed by atoms with Crippen LogP contribution >= 0.6 is 0 Å². The second kappa shape index (κ2) is 7.89. The first-order valence-corrected chi connectivity index (χ1v) is 11.3. The molecule has 2 N–H and O–H groups in total. The second-order valence-electron chi connectivity index (χ2n) is 7.06. The van der Waals surface area contributed by atoms with Crippen LogP contribution in [-0.4, -0.2) is 36.7 Å². The predicted molar refractivity (Wildman–Crippen MR) is 116 cm³/mol. The van der Waals surface area contributed by atoms with E-state index in [1.165, 1.54) is 18.4 Å². The molecule has 0 aliphatic rings. The van der Waals surface area contributed by atoms with Gasteiger partial charge in [0.05, 0.1) is 15.9 Å². The number of ether oxygens (including phenoxy) is 1. The van der Waals surface area contributed by atoms with Gasteiger partial charge in [0.15, 0.2) is 15.7 Å². The largest absolute Gasteiger partial charge is 0.457 e. The molecule has 0 fully saturated rings. The van der Waals surface area contributed by atoms with Gasteiger partial charge in [-0.25, -0.2) is 13.4 Å². The Kier molecular flexibility index (Phi) is 5.27. The molecule has 0 radical (unpaired) electrons. The molecule has 0 amide bonds. The molecule has 1 unspecified atom stereocenters. The molecule has 2 heterocycles. The van der Waals surface area contributed by atoms with Crippen molar-refractivity contribution in [2.75, 3.05) is 13.3 Å². The van der Waals surface area contributed by atoms with Gasteiger partial charge in [-0.05, 0) is 56.4 Å². The highest BCUT2D eigenvalue weighted by molar-refractivity contribution is 7.90. The number of imidazole rings is 1. The van der Waals surface area contributed by atoms with Crippen molar-refractivity contribution in [2.45, 2.75) is 17.9 Å². The zero-order valence-corrected chi connectivity index (χ0v) is 17.7. The lowest BCUT2D eigenvalue weighted by atomic mass is 10.1. The smallest absolute Gasteiger partial charge is 0.175 e. The van der Waals surface area contributed by atoms with E-state index in [1.54, 1.807) is 18.3 Å². The average Bonchev–Trinajstić information content (AvgIpc) is 3.16. The number of hydrogen-bond donors (Lipinski definition) is 2. The van der Waals surface area contributed by atoms with E-state index in [2.05, 4.69) is 20.3 Å². The van der Waals surface area contributed by atoms with Crippen LogP contribution in [-0.2, 0) is 9.84 Å². The summed E-state index contributed by atoms with van der Waals surface area (Å²) in [6.45, 7) is 2.04. The molecule has 8 heteroatoms. The van der Waals surface area contributed by atoms with Crippen molar-refractivity contribution < 1.29 is 13.2 Å². The molecule has 0 saturated carbocycles. The molecule has 4 aromatic rings. The highest BCUT2D eigenvalue weighted by Crippen LogP contribution is 2.34. The SMILES string of the molecule is CNC(C)c1cc2[nH]c(-c3ccccn3)nc2cc1Oc1ccc(S(C)(=O)=O)cc1. The van der Waals surface area contributed by atoms with Crippen molar-refractivity contribution >= 4 is 20.9 Å². The fourth-order valence-electron chi connectivity index (χ4n) is 3.14. The van der Waals surface area contributed by atoms with Gasteiger partial charge in [0.25, 0.3) is 0 Å². The van der Waals surface area contributed by atoms with Crippen LogP contribution in [0.25, 0.3) is 22.6 Å². The van der Waals surface area contributed by atoms with Crippen molar-refractivity contribution in [3.63, 3.8) is 0 Å². The molecule has 0 spiro atoms. The fraction of sp³-hybridized carbons (Fsp3) is 0.182. The molecular weight excluding hydrogens is 400 g/mol. The maximum Gasteiger partial charge on any atom is 0.175 e. The average molecular weight is 423 g/mol.